The second-order valence-electron chi connectivity index (χ2n) is 4.41. The molecule has 0 spiro atoms. The van der Waals surface area contributed by atoms with Crippen LogP contribution in [-0.2, 0) is 10.5 Å². The number of hydrogen-bond acceptors (Lipinski definition) is 4. The fourth-order valence-corrected chi connectivity index (χ4v) is 3.80. The van der Waals surface area contributed by atoms with Crippen LogP contribution in [0.5, 0.6) is 0 Å². The number of fused-ring (bicyclic) bond motifs is 1. The van der Waals surface area contributed by atoms with Gasteiger partial charge in [0.1, 0.15) is 5.82 Å². The number of thiophene rings is 1. The average Bonchev–Trinajstić information content (AvgIpc) is 2.73. The average molecular weight is 310 g/mol. The van der Waals surface area contributed by atoms with E-state index in [2.05, 4.69) is 10.3 Å². The molecule has 6 heteroatoms. The molecule has 2 aromatic rings. The minimum Gasteiger partial charge on any atom is -0.308 e. The summed E-state index contributed by atoms with van der Waals surface area (Å²) in [7, 11) is 0. The Balaban J connectivity index is 2.15. The highest BCUT2D eigenvalue weighted by Crippen LogP contribution is 2.32. The van der Waals surface area contributed by atoms with E-state index in [1.54, 1.807) is 6.07 Å². The van der Waals surface area contributed by atoms with Gasteiger partial charge >= 0.3 is 0 Å². The van der Waals surface area contributed by atoms with Crippen molar-refractivity contribution < 1.29 is 9.18 Å². The largest absolute Gasteiger partial charge is 0.308 e. The normalized spacial score (nSPS) is 12.1. The number of rotatable bonds is 4. The Morgan fingerprint density at radius 2 is 2.25 bits per heavy atom. The predicted octanol–water partition coefficient (Wildman–Crippen LogP) is 3.78. The van der Waals surface area contributed by atoms with E-state index in [-0.39, 0.29) is 11.9 Å². The van der Waals surface area contributed by atoms with E-state index in [9.17, 15) is 9.18 Å². The summed E-state index contributed by atoms with van der Waals surface area (Å²) in [5, 5.41) is 3.72. The molecule has 1 heterocycles. The molecule has 0 fully saturated rings. The van der Waals surface area contributed by atoms with E-state index >= 15 is 0 Å². The molecule has 1 N–H and O–H groups in total. The molecule has 0 aliphatic rings. The zero-order chi connectivity index (χ0) is 14.5. The number of carbonyl (C=O) groups is 1. The summed E-state index contributed by atoms with van der Waals surface area (Å²) in [5.41, 5.74) is 0. The Morgan fingerprint density at radius 1 is 1.50 bits per heavy atom. The summed E-state index contributed by atoms with van der Waals surface area (Å²) in [5.74, 6) is 0.283. The number of hydrogen-bond donors (Lipinski definition) is 1. The molecule has 2 rings (SSSR count). The number of carbonyl (C=O) groups excluding carboxylic acids is 1. The Bertz CT molecular complexity index is 637. The number of amidine groups is 1. The van der Waals surface area contributed by atoms with Crippen molar-refractivity contribution in [3.63, 3.8) is 0 Å². The third kappa shape index (κ3) is 3.58. The second kappa shape index (κ2) is 6.85. The highest BCUT2D eigenvalue weighted by Gasteiger charge is 2.12. The van der Waals surface area contributed by atoms with Crippen LogP contribution in [0.15, 0.2) is 29.3 Å². The van der Waals surface area contributed by atoms with Gasteiger partial charge in [-0.15, -0.1) is 11.3 Å². The van der Waals surface area contributed by atoms with Crippen LogP contribution >= 0.6 is 23.1 Å². The van der Waals surface area contributed by atoms with E-state index in [0.717, 1.165) is 4.70 Å². The molecule has 0 atom stereocenters. The van der Waals surface area contributed by atoms with Gasteiger partial charge in [0, 0.05) is 21.9 Å². The quantitative estimate of drug-likeness (QED) is 0.530. The molecule has 0 aliphatic carbocycles. The number of amides is 1. The topological polar surface area (TPSA) is 41.5 Å². The monoisotopic (exact) mass is 310 g/mol. The van der Waals surface area contributed by atoms with Crippen molar-refractivity contribution in [3.05, 3.63) is 35.0 Å². The smallest absolute Gasteiger partial charge is 0.213 e. The van der Waals surface area contributed by atoms with Crippen molar-refractivity contribution >= 4 is 44.8 Å². The van der Waals surface area contributed by atoms with Crippen LogP contribution in [0.25, 0.3) is 10.1 Å². The molecule has 0 aliphatic heterocycles. The molecule has 0 saturated carbocycles. The molecular weight excluding hydrogens is 295 g/mol. The molecule has 0 bridgehead atoms. The Hall–Kier alpha value is -1.40. The molecule has 0 saturated heterocycles. The lowest BCUT2D eigenvalue weighted by molar-refractivity contribution is -0.108. The van der Waals surface area contributed by atoms with Crippen LogP contribution < -0.4 is 5.32 Å². The molecule has 20 heavy (non-hydrogen) atoms. The Kier molecular flexibility index (Phi) is 5.14. The van der Waals surface area contributed by atoms with Crippen LogP contribution in [0.3, 0.4) is 0 Å². The fraction of sp³-hybridized carbons (Fsp3) is 0.286. The van der Waals surface area contributed by atoms with E-state index in [4.69, 9.17) is 0 Å². The maximum absolute atomic E-state index is 14.2. The van der Waals surface area contributed by atoms with Gasteiger partial charge < -0.3 is 5.32 Å². The number of halogens is 1. The van der Waals surface area contributed by atoms with Crippen LogP contribution in [0.2, 0.25) is 0 Å². The third-order valence-electron chi connectivity index (χ3n) is 2.50. The van der Waals surface area contributed by atoms with Gasteiger partial charge in [-0.05, 0) is 19.9 Å². The molecule has 0 unspecified atom stereocenters. The molecule has 1 amide bonds. The number of nitrogens with one attached hydrogen (secondary N) is 1. The van der Waals surface area contributed by atoms with Crippen LogP contribution in [0, 0.1) is 5.82 Å². The lowest BCUT2D eigenvalue weighted by Gasteiger charge is -2.05. The van der Waals surface area contributed by atoms with E-state index in [1.165, 1.54) is 23.1 Å². The zero-order valence-electron chi connectivity index (χ0n) is 11.2. The fourth-order valence-electron chi connectivity index (χ4n) is 1.69. The first kappa shape index (κ1) is 15.0. The molecule has 106 valence electrons. The summed E-state index contributed by atoms with van der Waals surface area (Å²) >= 11 is 2.77. The van der Waals surface area contributed by atoms with Crippen molar-refractivity contribution in [2.24, 2.45) is 4.99 Å². The van der Waals surface area contributed by atoms with Crippen molar-refractivity contribution in [2.45, 2.75) is 25.6 Å². The number of aliphatic imine (C=N–C) groups is 1. The summed E-state index contributed by atoms with van der Waals surface area (Å²) in [6.45, 7) is 3.85. The molecular formula is C14H15FN2OS2. The van der Waals surface area contributed by atoms with Crippen molar-refractivity contribution in [1.29, 1.82) is 0 Å². The van der Waals surface area contributed by atoms with Crippen LogP contribution in [0.4, 0.5) is 4.39 Å². The SMILES string of the molecule is CC(C)/N=C(\NC=O)SCc1sc2ccccc2c1F. The minimum atomic E-state index is -0.173. The first-order chi connectivity index (χ1) is 9.61. The highest BCUT2D eigenvalue weighted by atomic mass is 32.2. The van der Waals surface area contributed by atoms with Gasteiger partial charge in [0.15, 0.2) is 5.17 Å². The molecule has 1 aromatic carbocycles. The molecule has 1 aromatic heterocycles. The third-order valence-corrected chi connectivity index (χ3v) is 4.76. The Labute approximate surface area is 125 Å². The maximum atomic E-state index is 14.2. The second-order valence-corrected chi connectivity index (χ2v) is 6.52. The van der Waals surface area contributed by atoms with E-state index < -0.39 is 0 Å². The number of benzene rings is 1. The standard InChI is InChI=1S/C14H15FN2OS2/c1-9(2)17-14(16-8-18)19-7-12-13(15)10-5-3-4-6-11(10)20-12/h3-6,8-9H,7H2,1-2H3,(H,16,17,18). The lowest BCUT2D eigenvalue weighted by Crippen LogP contribution is -2.19. The van der Waals surface area contributed by atoms with Gasteiger partial charge in [-0.25, -0.2) is 4.39 Å². The minimum absolute atomic E-state index is 0.0807. The van der Waals surface area contributed by atoms with Gasteiger partial charge in [0.25, 0.3) is 0 Å². The lowest BCUT2D eigenvalue weighted by atomic mass is 10.2. The van der Waals surface area contributed by atoms with Crippen molar-refractivity contribution in [3.8, 4) is 0 Å². The van der Waals surface area contributed by atoms with Crippen LogP contribution in [-0.4, -0.2) is 17.6 Å². The highest BCUT2D eigenvalue weighted by molar-refractivity contribution is 8.13. The van der Waals surface area contributed by atoms with Gasteiger partial charge in [-0.3, -0.25) is 9.79 Å². The van der Waals surface area contributed by atoms with Crippen LogP contribution in [0.1, 0.15) is 18.7 Å². The Morgan fingerprint density at radius 3 is 2.90 bits per heavy atom. The summed E-state index contributed by atoms with van der Waals surface area (Å²) in [6.07, 6.45) is 0.593. The van der Waals surface area contributed by atoms with Gasteiger partial charge in [0.05, 0.1) is 4.88 Å². The molecule has 3 nitrogen and oxygen atoms in total. The predicted molar refractivity (Wildman–Crippen MR) is 84.8 cm³/mol. The number of nitrogens with zero attached hydrogens (tertiary/aromatic N) is 1. The maximum Gasteiger partial charge on any atom is 0.213 e. The first-order valence-corrected chi connectivity index (χ1v) is 7.98. The summed E-state index contributed by atoms with van der Waals surface area (Å²) < 4.78 is 15.1. The summed E-state index contributed by atoms with van der Waals surface area (Å²) in [6, 6.07) is 7.49. The number of thioether (sulfide) groups is 1. The van der Waals surface area contributed by atoms with E-state index in [0.29, 0.717) is 27.6 Å². The van der Waals surface area contributed by atoms with Crippen molar-refractivity contribution in [1.82, 2.24) is 5.32 Å². The van der Waals surface area contributed by atoms with Crippen molar-refractivity contribution in [2.75, 3.05) is 0 Å². The van der Waals surface area contributed by atoms with Gasteiger partial charge in [-0.1, -0.05) is 30.0 Å². The first-order valence-electron chi connectivity index (χ1n) is 6.18. The summed E-state index contributed by atoms with van der Waals surface area (Å²) in [4.78, 5) is 15.5. The zero-order valence-corrected chi connectivity index (χ0v) is 12.9. The van der Waals surface area contributed by atoms with E-state index in [1.807, 2.05) is 32.0 Å². The van der Waals surface area contributed by atoms with Gasteiger partial charge in [-0.2, -0.15) is 0 Å². The molecule has 0 radical (unpaired) electrons. The van der Waals surface area contributed by atoms with Gasteiger partial charge in [0.2, 0.25) is 6.41 Å².